The summed E-state index contributed by atoms with van der Waals surface area (Å²) in [6, 6.07) is 10.4. The molecule has 2 N–H and O–H groups in total. The van der Waals surface area contributed by atoms with E-state index >= 15 is 0 Å². The van der Waals surface area contributed by atoms with Gasteiger partial charge in [0.15, 0.2) is 0 Å². The lowest BCUT2D eigenvalue weighted by Gasteiger charge is -2.53. The van der Waals surface area contributed by atoms with E-state index in [2.05, 4.69) is 23.7 Å². The molecular weight excluding hydrogens is 531 g/mol. The van der Waals surface area contributed by atoms with Crippen molar-refractivity contribution >= 4 is 11.8 Å². The van der Waals surface area contributed by atoms with Crippen LogP contribution in [-0.4, -0.2) is 45.9 Å². The number of carbonyl (C=O) groups excluding carboxylic acids is 2. The summed E-state index contributed by atoms with van der Waals surface area (Å²) >= 11 is 0. The second-order valence-electron chi connectivity index (χ2n) is 12.7. The van der Waals surface area contributed by atoms with E-state index in [0.717, 1.165) is 48.1 Å². The SMILES string of the molecule is C=C1CCC(N2Cc3cc(C4(O)CCN(Cc5ccc(C(F)(F)F)cc5)CC4(C)CC4CC4)ccc3C2=O)C(=O)N1. The van der Waals surface area contributed by atoms with Crippen LogP contribution in [0.1, 0.15) is 78.1 Å². The van der Waals surface area contributed by atoms with E-state index < -0.39 is 28.8 Å². The van der Waals surface area contributed by atoms with Crippen LogP contribution in [0.4, 0.5) is 13.2 Å². The Labute approximate surface area is 238 Å². The van der Waals surface area contributed by atoms with Crippen LogP contribution in [-0.2, 0) is 29.7 Å². The van der Waals surface area contributed by atoms with E-state index in [0.29, 0.717) is 62.6 Å². The molecule has 0 bridgehead atoms. The summed E-state index contributed by atoms with van der Waals surface area (Å²) < 4.78 is 39.1. The zero-order valence-corrected chi connectivity index (χ0v) is 23.3. The van der Waals surface area contributed by atoms with Crippen LogP contribution in [0.3, 0.4) is 0 Å². The molecule has 3 unspecified atom stereocenters. The van der Waals surface area contributed by atoms with E-state index in [1.807, 2.05) is 12.1 Å². The van der Waals surface area contributed by atoms with Gasteiger partial charge in [-0.2, -0.15) is 13.2 Å². The van der Waals surface area contributed by atoms with Gasteiger partial charge in [-0.1, -0.05) is 50.6 Å². The van der Waals surface area contributed by atoms with Crippen molar-refractivity contribution in [2.45, 2.75) is 76.4 Å². The van der Waals surface area contributed by atoms with Gasteiger partial charge in [0, 0.05) is 42.9 Å². The van der Waals surface area contributed by atoms with Gasteiger partial charge in [0.05, 0.1) is 11.2 Å². The number of allylic oxidation sites excluding steroid dienone is 1. The third-order valence-corrected chi connectivity index (χ3v) is 9.60. The molecule has 0 spiro atoms. The molecule has 41 heavy (non-hydrogen) atoms. The van der Waals surface area contributed by atoms with Crippen LogP contribution in [0, 0.1) is 11.3 Å². The standard InChI is InChI=1S/C32H36F3N3O3/c1-20-3-12-27(28(39)36-20)38-18-23-15-25(10-11-26(23)29(38)40)31(41)13-14-37(19-30(31,2)16-21-4-5-21)17-22-6-8-24(9-7-22)32(33,34)35/h6-11,15,21,27,41H,1,3-5,12-14,16-19H2,2H3,(H,36,39). The Bertz CT molecular complexity index is 1390. The number of alkyl halides is 3. The topological polar surface area (TPSA) is 72.9 Å². The van der Waals surface area contributed by atoms with E-state index in [9.17, 15) is 27.9 Å². The highest BCUT2D eigenvalue weighted by molar-refractivity contribution is 6.01. The Hall–Kier alpha value is -3.17. The second kappa shape index (κ2) is 9.98. The lowest BCUT2D eigenvalue weighted by atomic mass is 9.62. The Kier molecular flexibility index (Phi) is 6.81. The number of benzene rings is 2. The van der Waals surface area contributed by atoms with Crippen molar-refractivity contribution < 1.29 is 27.9 Å². The summed E-state index contributed by atoms with van der Waals surface area (Å²) in [5.41, 5.74) is 1.37. The molecule has 3 heterocycles. The van der Waals surface area contributed by atoms with E-state index in [-0.39, 0.29) is 11.8 Å². The number of nitrogens with one attached hydrogen (secondary N) is 1. The fraction of sp³-hybridized carbons (Fsp3) is 0.500. The average molecular weight is 568 g/mol. The molecule has 0 radical (unpaired) electrons. The summed E-state index contributed by atoms with van der Waals surface area (Å²) in [6.07, 6.45) is 0.391. The van der Waals surface area contributed by atoms with Crippen molar-refractivity contribution in [2.75, 3.05) is 13.1 Å². The fourth-order valence-corrected chi connectivity index (χ4v) is 7.11. The van der Waals surface area contributed by atoms with E-state index in [4.69, 9.17) is 0 Å². The molecule has 6 nitrogen and oxygen atoms in total. The Morgan fingerprint density at radius 2 is 1.83 bits per heavy atom. The lowest BCUT2D eigenvalue weighted by Crippen LogP contribution is -2.56. The monoisotopic (exact) mass is 567 g/mol. The Balaban J connectivity index is 1.23. The van der Waals surface area contributed by atoms with Crippen molar-refractivity contribution in [3.8, 4) is 0 Å². The van der Waals surface area contributed by atoms with Crippen LogP contribution in [0.5, 0.6) is 0 Å². The van der Waals surface area contributed by atoms with Gasteiger partial charge >= 0.3 is 6.18 Å². The van der Waals surface area contributed by atoms with Crippen LogP contribution < -0.4 is 5.32 Å². The highest BCUT2D eigenvalue weighted by atomic mass is 19.4. The molecule has 1 saturated carbocycles. The molecule has 3 aliphatic heterocycles. The van der Waals surface area contributed by atoms with Gasteiger partial charge in [-0.25, -0.2) is 0 Å². The third kappa shape index (κ3) is 5.18. The number of amides is 2. The zero-order chi connectivity index (χ0) is 29.2. The molecule has 2 aromatic rings. The van der Waals surface area contributed by atoms with Crippen LogP contribution >= 0.6 is 0 Å². The summed E-state index contributed by atoms with van der Waals surface area (Å²) in [6.45, 7) is 7.98. The lowest BCUT2D eigenvalue weighted by molar-refractivity contribution is -0.142. The first-order valence-corrected chi connectivity index (χ1v) is 14.4. The molecular formula is C32H36F3N3O3. The maximum absolute atomic E-state index is 13.3. The minimum Gasteiger partial charge on any atom is -0.384 e. The smallest absolute Gasteiger partial charge is 0.384 e. The molecule has 2 aromatic carbocycles. The van der Waals surface area contributed by atoms with Gasteiger partial charge in [-0.05, 0) is 66.5 Å². The number of piperidine rings is 2. The molecule has 6 rings (SSSR count). The van der Waals surface area contributed by atoms with Crippen molar-refractivity contribution in [3.05, 3.63) is 82.6 Å². The predicted octanol–water partition coefficient (Wildman–Crippen LogP) is 5.35. The largest absolute Gasteiger partial charge is 0.416 e. The molecule has 2 amide bonds. The average Bonchev–Trinajstić information content (AvgIpc) is 3.66. The normalized spacial score (nSPS) is 29.0. The maximum atomic E-state index is 13.3. The van der Waals surface area contributed by atoms with Gasteiger partial charge in [0.1, 0.15) is 6.04 Å². The van der Waals surface area contributed by atoms with Gasteiger partial charge in [0.25, 0.3) is 5.91 Å². The van der Waals surface area contributed by atoms with Gasteiger partial charge in [-0.3, -0.25) is 14.5 Å². The van der Waals surface area contributed by atoms with Crippen LogP contribution in [0.25, 0.3) is 0 Å². The number of rotatable bonds is 6. The highest BCUT2D eigenvalue weighted by Crippen LogP contribution is 2.54. The molecule has 9 heteroatoms. The fourth-order valence-electron chi connectivity index (χ4n) is 7.11. The number of halogens is 3. The number of aliphatic hydroxyl groups is 1. The maximum Gasteiger partial charge on any atom is 0.416 e. The van der Waals surface area contributed by atoms with Crippen LogP contribution in [0.2, 0.25) is 0 Å². The zero-order valence-electron chi connectivity index (χ0n) is 23.3. The number of hydrogen-bond acceptors (Lipinski definition) is 4. The Morgan fingerprint density at radius 3 is 2.49 bits per heavy atom. The molecule has 218 valence electrons. The number of carbonyl (C=O) groups is 2. The van der Waals surface area contributed by atoms with E-state index in [1.54, 1.807) is 11.0 Å². The summed E-state index contributed by atoms with van der Waals surface area (Å²) in [5, 5.41) is 15.2. The van der Waals surface area contributed by atoms with Crippen molar-refractivity contribution in [1.29, 1.82) is 0 Å². The molecule has 2 saturated heterocycles. The first kappa shape index (κ1) is 28.0. The predicted molar refractivity (Wildman–Crippen MR) is 147 cm³/mol. The molecule has 4 aliphatic rings. The molecule has 1 aliphatic carbocycles. The third-order valence-electron chi connectivity index (χ3n) is 9.60. The van der Waals surface area contributed by atoms with Gasteiger partial charge in [-0.15, -0.1) is 0 Å². The summed E-state index contributed by atoms with van der Waals surface area (Å²) in [7, 11) is 0. The summed E-state index contributed by atoms with van der Waals surface area (Å²) in [5.74, 6) is 0.167. The molecule has 0 aromatic heterocycles. The number of hydrogen-bond donors (Lipinski definition) is 2. The highest BCUT2D eigenvalue weighted by Gasteiger charge is 2.53. The van der Waals surface area contributed by atoms with E-state index in [1.165, 1.54) is 12.1 Å². The second-order valence-corrected chi connectivity index (χ2v) is 12.7. The summed E-state index contributed by atoms with van der Waals surface area (Å²) in [4.78, 5) is 29.7. The van der Waals surface area contributed by atoms with Crippen molar-refractivity contribution in [2.24, 2.45) is 11.3 Å². The minimum absolute atomic E-state index is 0.168. The first-order valence-electron chi connectivity index (χ1n) is 14.4. The number of likely N-dealkylation sites (tertiary alicyclic amines) is 1. The molecule has 3 atom stereocenters. The Morgan fingerprint density at radius 1 is 1.10 bits per heavy atom. The van der Waals surface area contributed by atoms with Crippen molar-refractivity contribution in [3.63, 3.8) is 0 Å². The first-order chi connectivity index (χ1) is 19.4. The van der Waals surface area contributed by atoms with Gasteiger partial charge in [0.2, 0.25) is 5.91 Å². The molecule has 3 fully saturated rings. The van der Waals surface area contributed by atoms with Crippen molar-refractivity contribution in [1.82, 2.24) is 15.1 Å². The van der Waals surface area contributed by atoms with Crippen LogP contribution in [0.15, 0.2) is 54.7 Å². The van der Waals surface area contributed by atoms with Gasteiger partial charge < -0.3 is 15.3 Å². The number of nitrogens with zero attached hydrogens (tertiary/aromatic N) is 2. The quantitative estimate of drug-likeness (QED) is 0.494. The number of fused-ring (bicyclic) bond motifs is 1. The minimum atomic E-state index is -4.36.